The molecule has 0 unspecified atom stereocenters. The molecule has 31 valence electrons. The van der Waals surface area contributed by atoms with Gasteiger partial charge in [0.25, 0.3) is 0 Å². The number of carbonyl (C=O) groups is 1. The molecule has 0 saturated carbocycles. The van der Waals surface area contributed by atoms with Crippen molar-refractivity contribution in [1.29, 1.82) is 0 Å². The highest BCUT2D eigenvalue weighted by Crippen LogP contribution is 1.69. The van der Waals surface area contributed by atoms with Crippen LogP contribution >= 0.6 is 0 Å². The van der Waals surface area contributed by atoms with Gasteiger partial charge in [-0.2, -0.15) is 0 Å². The minimum atomic E-state index is -1.27. The number of carboxylic acid groups (broad SMARTS) is 1. The fourth-order valence-corrected chi connectivity index (χ4v) is 0. The van der Waals surface area contributed by atoms with Gasteiger partial charge < -0.3 is 9.90 Å². The third kappa shape index (κ3) is 1.72. The molecule has 0 aliphatic carbocycles. The number of hydrogen-bond donors (Lipinski definition) is 0. The van der Waals surface area contributed by atoms with E-state index >= 15 is 0 Å². The third-order valence-electron chi connectivity index (χ3n) is 0.246. The summed E-state index contributed by atoms with van der Waals surface area (Å²) < 4.78 is 0. The molecule has 0 fully saturated rings. The molecule has 0 aliphatic heterocycles. The van der Waals surface area contributed by atoms with Gasteiger partial charge in [-0.25, -0.2) is 0 Å². The molecule has 0 rings (SSSR count). The van der Waals surface area contributed by atoms with Gasteiger partial charge >= 0.3 is 0 Å². The smallest absolute Gasteiger partial charge is 0.0729 e. The van der Waals surface area contributed by atoms with Crippen LogP contribution in [-0.4, -0.2) is 16.2 Å². The molecular formula is C3H2O2Si-. The van der Waals surface area contributed by atoms with Crippen LogP contribution in [0.5, 0.6) is 0 Å². The quantitative estimate of drug-likeness (QED) is 0.293. The van der Waals surface area contributed by atoms with E-state index in [9.17, 15) is 9.90 Å². The monoisotopic (exact) mass is 98.0 g/mol. The van der Waals surface area contributed by atoms with Gasteiger partial charge in [0.15, 0.2) is 0 Å². The first kappa shape index (κ1) is 5.43. The van der Waals surface area contributed by atoms with E-state index in [1.54, 1.807) is 0 Å². The van der Waals surface area contributed by atoms with Crippen molar-refractivity contribution < 1.29 is 9.90 Å². The number of rotatable bonds is 1. The largest absolute Gasteiger partial charge is 0.546 e. The Kier molecular flexibility index (Phi) is 1.60. The topological polar surface area (TPSA) is 40.1 Å². The molecule has 6 heavy (non-hydrogen) atoms. The van der Waals surface area contributed by atoms with Crippen LogP contribution in [-0.2, 0) is 4.79 Å². The molecule has 3 heteroatoms. The van der Waals surface area contributed by atoms with E-state index in [-0.39, 0.29) is 5.20 Å². The Balaban J connectivity index is 3.57. The minimum absolute atomic E-state index is 0.130. The molecule has 0 aromatic rings. The Bertz CT molecular complexity index is 74.8. The van der Waals surface area contributed by atoms with Crippen molar-refractivity contribution in [3.05, 3.63) is 11.8 Å². The van der Waals surface area contributed by atoms with Crippen molar-refractivity contribution in [2.45, 2.75) is 0 Å². The van der Waals surface area contributed by atoms with Crippen molar-refractivity contribution in [2.75, 3.05) is 0 Å². The molecule has 0 N–H and O–H groups in total. The second kappa shape index (κ2) is 1.77. The van der Waals surface area contributed by atoms with Crippen molar-refractivity contribution >= 4 is 16.2 Å². The number of carboxylic acids is 1. The highest BCUT2D eigenvalue weighted by molar-refractivity contribution is 6.33. The van der Waals surface area contributed by atoms with Crippen molar-refractivity contribution in [2.24, 2.45) is 0 Å². The Morgan fingerprint density at radius 1 is 1.83 bits per heavy atom. The normalized spacial score (nSPS) is 7.50. The van der Waals surface area contributed by atoms with E-state index in [4.69, 9.17) is 0 Å². The van der Waals surface area contributed by atoms with Crippen LogP contribution < -0.4 is 5.11 Å². The van der Waals surface area contributed by atoms with Gasteiger partial charge in [0.1, 0.15) is 0 Å². The maximum absolute atomic E-state index is 9.44. The molecule has 0 aliphatic rings. The fraction of sp³-hybridized carbons (Fsp3) is 0. The summed E-state index contributed by atoms with van der Waals surface area (Å²) in [4.78, 5) is 9.44. The van der Waals surface area contributed by atoms with Crippen molar-refractivity contribution in [3.8, 4) is 0 Å². The van der Waals surface area contributed by atoms with Gasteiger partial charge in [-0.1, -0.05) is 11.8 Å². The molecule has 0 amide bonds. The standard InChI is InChI=1S/C3H3O2Si/c1-2(6)3(4)5/h1H2,(H,4,5)/p-1. The fourth-order valence-electron chi connectivity index (χ4n) is 0. The first-order chi connectivity index (χ1) is 2.64. The molecule has 0 aromatic carbocycles. The number of aliphatic carboxylic acids is 1. The van der Waals surface area contributed by atoms with Gasteiger partial charge in [0.05, 0.1) is 16.2 Å². The zero-order valence-electron chi connectivity index (χ0n) is 3.02. The maximum atomic E-state index is 9.44. The average Bonchev–Trinajstić information content (AvgIpc) is 1.36. The summed E-state index contributed by atoms with van der Waals surface area (Å²) in [7, 11) is 2.63. The summed E-state index contributed by atoms with van der Waals surface area (Å²) >= 11 is 0. The van der Waals surface area contributed by atoms with E-state index in [1.807, 2.05) is 0 Å². The van der Waals surface area contributed by atoms with Gasteiger partial charge in [0.2, 0.25) is 0 Å². The lowest BCUT2D eigenvalue weighted by Crippen LogP contribution is -2.23. The van der Waals surface area contributed by atoms with Gasteiger partial charge in [0, 0.05) is 0 Å². The SMILES string of the molecule is C=C([Si])C(=O)[O-]. The highest BCUT2D eigenvalue weighted by Gasteiger charge is 1.76. The van der Waals surface area contributed by atoms with Gasteiger partial charge in [-0.15, -0.1) is 0 Å². The van der Waals surface area contributed by atoms with E-state index in [2.05, 4.69) is 16.8 Å². The predicted octanol–water partition coefficient (Wildman–Crippen LogP) is -1.58. The molecule has 0 saturated heterocycles. The van der Waals surface area contributed by atoms with E-state index in [1.165, 1.54) is 0 Å². The molecule has 0 aromatic heterocycles. The predicted molar refractivity (Wildman–Crippen MR) is 19.9 cm³/mol. The first-order valence-electron chi connectivity index (χ1n) is 1.26. The lowest BCUT2D eigenvalue weighted by molar-refractivity contribution is -0.298. The van der Waals surface area contributed by atoms with Crippen LogP contribution in [0.25, 0.3) is 0 Å². The Labute approximate surface area is 38.9 Å². The average molecular weight is 98.1 g/mol. The molecule has 0 heterocycles. The van der Waals surface area contributed by atoms with E-state index in [0.717, 1.165) is 0 Å². The molecule has 0 atom stereocenters. The van der Waals surface area contributed by atoms with Gasteiger partial charge in [-0.05, 0) is 0 Å². The van der Waals surface area contributed by atoms with Crippen LogP contribution in [0.1, 0.15) is 0 Å². The molecular weight excluding hydrogens is 96.1 g/mol. The Morgan fingerprint density at radius 2 is 2.00 bits per heavy atom. The summed E-state index contributed by atoms with van der Waals surface area (Å²) in [5.74, 6) is -1.27. The summed E-state index contributed by atoms with van der Waals surface area (Å²) in [6, 6.07) is 0. The zero-order chi connectivity index (χ0) is 5.15. The van der Waals surface area contributed by atoms with Crippen LogP contribution in [0.2, 0.25) is 0 Å². The van der Waals surface area contributed by atoms with Crippen molar-refractivity contribution in [1.82, 2.24) is 0 Å². The summed E-state index contributed by atoms with van der Waals surface area (Å²) in [5, 5.41) is 9.31. The third-order valence-corrected chi connectivity index (χ3v) is 0.451. The van der Waals surface area contributed by atoms with Crippen LogP contribution in [0.3, 0.4) is 0 Å². The van der Waals surface area contributed by atoms with E-state index < -0.39 is 5.97 Å². The second-order valence-electron chi connectivity index (χ2n) is 0.766. The maximum Gasteiger partial charge on any atom is 0.0729 e. The lowest BCUT2D eigenvalue weighted by atomic mass is 10.7. The van der Waals surface area contributed by atoms with Crippen molar-refractivity contribution in [3.63, 3.8) is 0 Å². The Morgan fingerprint density at radius 3 is 2.00 bits per heavy atom. The summed E-state index contributed by atoms with van der Waals surface area (Å²) in [5.41, 5.74) is 0. The van der Waals surface area contributed by atoms with Gasteiger partial charge in [-0.3, -0.25) is 0 Å². The van der Waals surface area contributed by atoms with Crippen LogP contribution in [0, 0.1) is 0 Å². The number of hydrogen-bond acceptors (Lipinski definition) is 2. The second-order valence-corrected chi connectivity index (χ2v) is 1.37. The lowest BCUT2D eigenvalue weighted by Gasteiger charge is -1.93. The minimum Gasteiger partial charge on any atom is -0.546 e. The first-order valence-corrected chi connectivity index (χ1v) is 1.76. The molecule has 0 bridgehead atoms. The summed E-state index contributed by atoms with van der Waals surface area (Å²) in [6.07, 6.45) is 0. The van der Waals surface area contributed by atoms with Crippen LogP contribution in [0.4, 0.5) is 0 Å². The molecule has 0 spiro atoms. The molecule has 2 nitrogen and oxygen atoms in total. The highest BCUT2D eigenvalue weighted by atomic mass is 28.1. The zero-order valence-corrected chi connectivity index (χ0v) is 4.02. The van der Waals surface area contributed by atoms with E-state index in [0.29, 0.717) is 0 Å². The summed E-state index contributed by atoms with van der Waals surface area (Å²) in [6.45, 7) is 3.01. The Hall–Kier alpha value is -0.573. The molecule has 3 radical (unpaired) electrons. The number of carbonyl (C=O) groups excluding carboxylic acids is 1. The van der Waals surface area contributed by atoms with Crippen LogP contribution in [0.15, 0.2) is 11.8 Å².